The van der Waals surface area contributed by atoms with Crippen molar-refractivity contribution in [1.29, 1.82) is 0 Å². The maximum absolute atomic E-state index is 11.8. The smallest absolute Gasteiger partial charge is 0.225 e. The highest BCUT2D eigenvalue weighted by atomic mass is 16.2. The van der Waals surface area contributed by atoms with Crippen LogP contribution in [0, 0.1) is 5.92 Å². The lowest BCUT2D eigenvalue weighted by atomic mass is 9.93. The molecule has 0 aromatic rings. The third kappa shape index (κ3) is 2.02. The molecule has 1 aliphatic heterocycles. The Hall–Kier alpha value is -0.570. The molecular formula is C10H20N2O. The van der Waals surface area contributed by atoms with Gasteiger partial charge in [-0.15, -0.1) is 0 Å². The number of piperidine rings is 1. The average Bonchev–Trinajstić information content (AvgIpc) is 2.09. The molecule has 2 N–H and O–H groups in total. The van der Waals surface area contributed by atoms with Gasteiger partial charge >= 0.3 is 0 Å². The third-order valence-electron chi connectivity index (χ3n) is 2.94. The fraction of sp³-hybridized carbons (Fsp3) is 0.900. The van der Waals surface area contributed by atoms with Gasteiger partial charge in [0.05, 0.1) is 0 Å². The maximum atomic E-state index is 11.8. The molecule has 0 saturated carbocycles. The Balaban J connectivity index is 2.73. The normalized spacial score (nSPS) is 25.1. The molecule has 1 aliphatic rings. The Labute approximate surface area is 80.3 Å². The molecule has 3 heteroatoms. The van der Waals surface area contributed by atoms with Crippen LogP contribution in [0.4, 0.5) is 0 Å². The topological polar surface area (TPSA) is 46.3 Å². The van der Waals surface area contributed by atoms with E-state index in [0.29, 0.717) is 6.54 Å². The molecule has 76 valence electrons. The molecule has 0 aliphatic carbocycles. The number of carbonyl (C=O) groups is 1. The van der Waals surface area contributed by atoms with Crippen LogP contribution in [0.3, 0.4) is 0 Å². The van der Waals surface area contributed by atoms with Gasteiger partial charge in [-0.05, 0) is 26.7 Å². The van der Waals surface area contributed by atoms with Gasteiger partial charge in [-0.3, -0.25) is 4.79 Å². The molecule has 1 atom stereocenters. The van der Waals surface area contributed by atoms with Crippen LogP contribution in [-0.2, 0) is 4.79 Å². The van der Waals surface area contributed by atoms with E-state index in [-0.39, 0.29) is 17.4 Å². The van der Waals surface area contributed by atoms with Crippen molar-refractivity contribution in [2.45, 2.75) is 39.2 Å². The average molecular weight is 184 g/mol. The van der Waals surface area contributed by atoms with Gasteiger partial charge in [0.2, 0.25) is 5.91 Å². The molecular weight excluding hydrogens is 164 g/mol. The van der Waals surface area contributed by atoms with Gasteiger partial charge in [0, 0.05) is 24.5 Å². The summed E-state index contributed by atoms with van der Waals surface area (Å²) in [6.45, 7) is 7.46. The van der Waals surface area contributed by atoms with Crippen LogP contribution < -0.4 is 5.73 Å². The van der Waals surface area contributed by atoms with Crippen LogP contribution in [-0.4, -0.2) is 29.4 Å². The highest BCUT2D eigenvalue weighted by molar-refractivity contribution is 5.79. The third-order valence-corrected chi connectivity index (χ3v) is 2.94. The van der Waals surface area contributed by atoms with E-state index in [0.717, 1.165) is 19.4 Å². The quantitative estimate of drug-likeness (QED) is 0.695. The molecule has 13 heavy (non-hydrogen) atoms. The predicted octanol–water partition coefficient (Wildman–Crippen LogP) is 0.982. The Morgan fingerprint density at radius 2 is 2.23 bits per heavy atom. The van der Waals surface area contributed by atoms with Gasteiger partial charge in [0.1, 0.15) is 0 Å². The van der Waals surface area contributed by atoms with Crippen molar-refractivity contribution in [2.24, 2.45) is 11.7 Å². The molecule has 0 spiro atoms. The Kier molecular flexibility index (Phi) is 2.96. The number of nitrogens with zero attached hydrogens (tertiary/aromatic N) is 1. The lowest BCUT2D eigenvalue weighted by molar-refractivity contribution is -0.143. The van der Waals surface area contributed by atoms with Crippen LogP contribution in [0.2, 0.25) is 0 Å². The summed E-state index contributed by atoms with van der Waals surface area (Å²) in [4.78, 5) is 13.7. The number of likely N-dealkylation sites (tertiary alicyclic amines) is 1. The highest BCUT2D eigenvalue weighted by Crippen LogP contribution is 2.24. The van der Waals surface area contributed by atoms with E-state index in [1.54, 1.807) is 0 Å². The number of amides is 1. The van der Waals surface area contributed by atoms with E-state index >= 15 is 0 Å². The lowest BCUT2D eigenvalue weighted by Gasteiger charge is -2.42. The van der Waals surface area contributed by atoms with Crippen LogP contribution in [0.25, 0.3) is 0 Å². The van der Waals surface area contributed by atoms with Crippen LogP contribution in [0.1, 0.15) is 33.6 Å². The standard InChI is InChI=1S/C10H20N2O/c1-8-5-4-6-12(9(8)13)10(2,3)7-11/h8H,4-7,11H2,1-3H3. The monoisotopic (exact) mass is 184 g/mol. The maximum Gasteiger partial charge on any atom is 0.225 e. The van der Waals surface area contributed by atoms with Gasteiger partial charge in [-0.2, -0.15) is 0 Å². The predicted molar refractivity (Wildman–Crippen MR) is 53.2 cm³/mol. The summed E-state index contributed by atoms with van der Waals surface area (Å²) in [7, 11) is 0. The first-order valence-corrected chi connectivity index (χ1v) is 5.00. The number of hydrogen-bond donors (Lipinski definition) is 1. The van der Waals surface area contributed by atoms with E-state index < -0.39 is 0 Å². The number of carbonyl (C=O) groups excluding carboxylic acids is 1. The molecule has 0 radical (unpaired) electrons. The van der Waals surface area contributed by atoms with Crippen LogP contribution >= 0.6 is 0 Å². The van der Waals surface area contributed by atoms with Gasteiger partial charge in [0.25, 0.3) is 0 Å². The SMILES string of the molecule is CC1CCCN(C(C)(C)CN)C1=O. The van der Waals surface area contributed by atoms with Crippen molar-refractivity contribution in [3.8, 4) is 0 Å². The summed E-state index contributed by atoms with van der Waals surface area (Å²) in [6, 6.07) is 0. The minimum absolute atomic E-state index is 0.175. The molecule has 1 saturated heterocycles. The minimum Gasteiger partial charge on any atom is -0.336 e. The number of nitrogens with two attached hydrogens (primary N) is 1. The fourth-order valence-corrected chi connectivity index (χ4v) is 1.77. The summed E-state index contributed by atoms with van der Waals surface area (Å²) in [5, 5.41) is 0. The van der Waals surface area contributed by atoms with Crippen molar-refractivity contribution < 1.29 is 4.79 Å². The largest absolute Gasteiger partial charge is 0.336 e. The Morgan fingerprint density at radius 1 is 1.62 bits per heavy atom. The van der Waals surface area contributed by atoms with E-state index in [9.17, 15) is 4.79 Å². The van der Waals surface area contributed by atoms with E-state index in [1.165, 1.54) is 0 Å². The van der Waals surface area contributed by atoms with Crippen molar-refractivity contribution in [3.05, 3.63) is 0 Å². The van der Waals surface area contributed by atoms with Crippen LogP contribution in [0.5, 0.6) is 0 Å². The summed E-state index contributed by atoms with van der Waals surface area (Å²) < 4.78 is 0. The molecule has 1 unspecified atom stereocenters. The molecule has 0 bridgehead atoms. The van der Waals surface area contributed by atoms with Gasteiger partial charge < -0.3 is 10.6 Å². The first kappa shape index (κ1) is 10.5. The molecule has 1 rings (SSSR count). The van der Waals surface area contributed by atoms with Gasteiger partial charge in [0.15, 0.2) is 0 Å². The first-order valence-electron chi connectivity index (χ1n) is 5.00. The minimum atomic E-state index is -0.175. The van der Waals surface area contributed by atoms with Gasteiger partial charge in [-0.25, -0.2) is 0 Å². The molecule has 1 amide bonds. The zero-order valence-electron chi connectivity index (χ0n) is 8.84. The summed E-state index contributed by atoms with van der Waals surface area (Å²) in [5.74, 6) is 0.446. The second-order valence-electron chi connectivity index (χ2n) is 4.55. The molecule has 3 nitrogen and oxygen atoms in total. The molecule has 0 aromatic carbocycles. The molecule has 0 aromatic heterocycles. The Morgan fingerprint density at radius 3 is 2.77 bits per heavy atom. The molecule has 1 heterocycles. The van der Waals surface area contributed by atoms with Crippen molar-refractivity contribution >= 4 is 5.91 Å². The summed E-state index contributed by atoms with van der Waals surface area (Å²) in [6.07, 6.45) is 2.13. The second-order valence-corrected chi connectivity index (χ2v) is 4.55. The van der Waals surface area contributed by atoms with E-state index in [4.69, 9.17) is 5.73 Å². The lowest BCUT2D eigenvalue weighted by Crippen LogP contribution is -2.55. The van der Waals surface area contributed by atoms with Crippen molar-refractivity contribution in [3.63, 3.8) is 0 Å². The van der Waals surface area contributed by atoms with E-state index in [1.807, 2.05) is 25.7 Å². The van der Waals surface area contributed by atoms with Gasteiger partial charge in [-0.1, -0.05) is 6.92 Å². The summed E-state index contributed by atoms with van der Waals surface area (Å²) >= 11 is 0. The fourth-order valence-electron chi connectivity index (χ4n) is 1.77. The zero-order chi connectivity index (χ0) is 10.1. The van der Waals surface area contributed by atoms with Crippen molar-refractivity contribution in [1.82, 2.24) is 4.90 Å². The number of rotatable bonds is 2. The Bertz CT molecular complexity index is 201. The van der Waals surface area contributed by atoms with Crippen molar-refractivity contribution in [2.75, 3.05) is 13.1 Å². The van der Waals surface area contributed by atoms with Crippen LogP contribution in [0.15, 0.2) is 0 Å². The number of hydrogen-bond acceptors (Lipinski definition) is 2. The van der Waals surface area contributed by atoms with E-state index in [2.05, 4.69) is 0 Å². The highest BCUT2D eigenvalue weighted by Gasteiger charge is 2.34. The zero-order valence-corrected chi connectivity index (χ0v) is 8.84. The second kappa shape index (κ2) is 3.66. The summed E-state index contributed by atoms with van der Waals surface area (Å²) in [5.41, 5.74) is 5.48. The first-order chi connectivity index (χ1) is 5.99. The molecule has 1 fully saturated rings.